The Labute approximate surface area is 52.4 Å². The highest BCUT2D eigenvalue weighted by molar-refractivity contribution is 5.77. The highest BCUT2D eigenvalue weighted by atomic mass is 16.5. The van der Waals surface area contributed by atoms with Gasteiger partial charge in [0.1, 0.15) is 13.2 Å². The van der Waals surface area contributed by atoms with Gasteiger partial charge in [0.25, 0.3) is 0 Å². The Bertz CT molecular complexity index is 104. The minimum atomic E-state index is -1.06. The molecule has 1 N–H and O–H groups in total. The first-order chi connectivity index (χ1) is 4.13. The first kappa shape index (κ1) is 8.10. The van der Waals surface area contributed by atoms with E-state index < -0.39 is 12.6 Å². The van der Waals surface area contributed by atoms with Crippen LogP contribution in [0.15, 0.2) is 0 Å². The highest BCUT2D eigenvalue weighted by Crippen LogP contribution is 1.75. The molecular formula is C5H8O4. The Morgan fingerprint density at radius 3 is 2.33 bits per heavy atom. The van der Waals surface area contributed by atoms with Crippen LogP contribution in [-0.4, -0.2) is 30.1 Å². The van der Waals surface area contributed by atoms with Crippen molar-refractivity contribution in [1.82, 2.24) is 0 Å². The maximum atomic E-state index is 10.1. The number of ketones is 1. The zero-order chi connectivity index (χ0) is 7.28. The molecule has 0 saturated heterocycles. The number of carboxylic acids is 1. The molecule has 0 radical (unpaired) electrons. The first-order valence-electron chi connectivity index (χ1n) is 2.42. The van der Waals surface area contributed by atoms with Gasteiger partial charge in [-0.15, -0.1) is 0 Å². The third kappa shape index (κ3) is 7.10. The number of aliphatic carboxylic acids is 1. The largest absolute Gasteiger partial charge is 0.480 e. The minimum Gasteiger partial charge on any atom is -0.480 e. The van der Waals surface area contributed by atoms with E-state index in [2.05, 4.69) is 4.74 Å². The van der Waals surface area contributed by atoms with Gasteiger partial charge in [-0.05, 0) is 6.92 Å². The normalized spacial score (nSPS) is 9.00. The van der Waals surface area contributed by atoms with Crippen molar-refractivity contribution in [3.05, 3.63) is 0 Å². The van der Waals surface area contributed by atoms with E-state index in [1.807, 2.05) is 0 Å². The number of ether oxygens (including phenoxy) is 1. The van der Waals surface area contributed by atoms with Gasteiger partial charge in [-0.2, -0.15) is 0 Å². The van der Waals surface area contributed by atoms with E-state index in [0.29, 0.717) is 0 Å². The van der Waals surface area contributed by atoms with Crippen LogP contribution in [-0.2, 0) is 14.3 Å². The number of hydrogen-bond donors (Lipinski definition) is 1. The molecule has 0 bridgehead atoms. The average Bonchev–Trinajstić information content (AvgIpc) is 1.63. The maximum Gasteiger partial charge on any atom is 0.329 e. The molecule has 0 unspecified atom stereocenters. The van der Waals surface area contributed by atoms with Crippen molar-refractivity contribution in [1.29, 1.82) is 0 Å². The third-order valence-corrected chi connectivity index (χ3v) is 0.531. The van der Waals surface area contributed by atoms with Crippen molar-refractivity contribution >= 4 is 11.8 Å². The fourth-order valence-corrected chi connectivity index (χ4v) is 0.282. The predicted octanol–water partition coefficient (Wildman–Crippen LogP) is -0.323. The molecule has 4 heteroatoms. The lowest BCUT2D eigenvalue weighted by molar-refractivity contribution is -0.143. The van der Waals surface area contributed by atoms with Gasteiger partial charge in [-0.25, -0.2) is 4.79 Å². The number of Topliss-reactive ketones (excluding diaryl/α,β-unsaturated/α-hetero) is 1. The van der Waals surface area contributed by atoms with Gasteiger partial charge in [-0.3, -0.25) is 4.79 Å². The van der Waals surface area contributed by atoms with Gasteiger partial charge in [0.2, 0.25) is 0 Å². The van der Waals surface area contributed by atoms with E-state index in [0.717, 1.165) is 0 Å². The van der Waals surface area contributed by atoms with Crippen molar-refractivity contribution in [2.45, 2.75) is 6.92 Å². The second-order valence-electron chi connectivity index (χ2n) is 1.59. The van der Waals surface area contributed by atoms with E-state index in [-0.39, 0.29) is 12.4 Å². The van der Waals surface area contributed by atoms with E-state index in [9.17, 15) is 9.59 Å². The van der Waals surface area contributed by atoms with Crippen LogP contribution in [0.4, 0.5) is 0 Å². The van der Waals surface area contributed by atoms with Gasteiger partial charge in [0.05, 0.1) is 0 Å². The molecule has 0 aliphatic heterocycles. The molecular weight excluding hydrogens is 124 g/mol. The Hall–Kier alpha value is -0.900. The molecule has 0 atom stereocenters. The molecule has 0 rings (SSSR count). The lowest BCUT2D eigenvalue weighted by Gasteiger charge is -1.93. The molecule has 0 spiro atoms. The van der Waals surface area contributed by atoms with Crippen LogP contribution in [0.1, 0.15) is 6.92 Å². The molecule has 0 aliphatic carbocycles. The van der Waals surface area contributed by atoms with Crippen LogP contribution in [0.3, 0.4) is 0 Å². The summed E-state index contributed by atoms with van der Waals surface area (Å²) in [4.78, 5) is 19.9. The number of carbonyl (C=O) groups excluding carboxylic acids is 1. The van der Waals surface area contributed by atoms with Gasteiger partial charge >= 0.3 is 5.97 Å². The van der Waals surface area contributed by atoms with E-state index in [1.165, 1.54) is 6.92 Å². The summed E-state index contributed by atoms with van der Waals surface area (Å²) in [6, 6.07) is 0. The Kier molecular flexibility index (Phi) is 3.62. The molecule has 9 heavy (non-hydrogen) atoms. The van der Waals surface area contributed by atoms with Crippen LogP contribution in [0, 0.1) is 0 Å². The summed E-state index contributed by atoms with van der Waals surface area (Å²) in [7, 11) is 0. The van der Waals surface area contributed by atoms with Gasteiger partial charge in [0, 0.05) is 0 Å². The van der Waals surface area contributed by atoms with E-state index >= 15 is 0 Å². The number of rotatable bonds is 4. The van der Waals surface area contributed by atoms with Gasteiger partial charge in [0.15, 0.2) is 5.78 Å². The summed E-state index contributed by atoms with van der Waals surface area (Å²) >= 11 is 0. The molecule has 0 heterocycles. The second kappa shape index (κ2) is 4.03. The minimum absolute atomic E-state index is 0.119. The van der Waals surface area contributed by atoms with Crippen LogP contribution in [0.2, 0.25) is 0 Å². The SMILES string of the molecule is CC(=O)COCC(=O)O. The molecule has 0 aliphatic rings. The number of hydrogen-bond acceptors (Lipinski definition) is 3. The summed E-state index contributed by atoms with van der Waals surface area (Å²) in [6.45, 7) is 0.813. The van der Waals surface area contributed by atoms with Crippen molar-refractivity contribution in [3.63, 3.8) is 0 Å². The molecule has 0 aromatic rings. The Morgan fingerprint density at radius 1 is 1.44 bits per heavy atom. The smallest absolute Gasteiger partial charge is 0.329 e. The lowest BCUT2D eigenvalue weighted by atomic mass is 10.5. The zero-order valence-corrected chi connectivity index (χ0v) is 5.09. The number of carbonyl (C=O) groups is 2. The Balaban J connectivity index is 3.10. The van der Waals surface area contributed by atoms with Crippen molar-refractivity contribution in [2.75, 3.05) is 13.2 Å². The summed E-state index contributed by atoms with van der Waals surface area (Å²) < 4.78 is 4.41. The van der Waals surface area contributed by atoms with Crippen LogP contribution < -0.4 is 0 Å². The van der Waals surface area contributed by atoms with E-state index in [4.69, 9.17) is 5.11 Å². The maximum absolute atomic E-state index is 10.1. The Morgan fingerprint density at radius 2 is 2.00 bits per heavy atom. The van der Waals surface area contributed by atoms with Crippen LogP contribution >= 0.6 is 0 Å². The lowest BCUT2D eigenvalue weighted by Crippen LogP contribution is -2.11. The summed E-state index contributed by atoms with van der Waals surface area (Å²) in [5, 5.41) is 7.99. The molecule has 4 nitrogen and oxygen atoms in total. The predicted molar refractivity (Wildman–Crippen MR) is 29.1 cm³/mol. The summed E-state index contributed by atoms with van der Waals surface area (Å²) in [5.41, 5.74) is 0. The average molecular weight is 132 g/mol. The first-order valence-corrected chi connectivity index (χ1v) is 2.42. The van der Waals surface area contributed by atoms with Crippen LogP contribution in [0.25, 0.3) is 0 Å². The van der Waals surface area contributed by atoms with Crippen LogP contribution in [0.5, 0.6) is 0 Å². The molecule has 0 aromatic heterocycles. The van der Waals surface area contributed by atoms with Crippen molar-refractivity contribution in [3.8, 4) is 0 Å². The monoisotopic (exact) mass is 132 g/mol. The van der Waals surface area contributed by atoms with Crippen molar-refractivity contribution < 1.29 is 19.4 Å². The van der Waals surface area contributed by atoms with Crippen molar-refractivity contribution in [2.24, 2.45) is 0 Å². The fourth-order valence-electron chi connectivity index (χ4n) is 0.282. The number of carboxylic acid groups (broad SMARTS) is 1. The quantitative estimate of drug-likeness (QED) is 0.569. The molecule has 0 saturated carbocycles. The zero-order valence-electron chi connectivity index (χ0n) is 5.09. The van der Waals surface area contributed by atoms with Gasteiger partial charge in [-0.1, -0.05) is 0 Å². The van der Waals surface area contributed by atoms with Gasteiger partial charge < -0.3 is 9.84 Å². The highest BCUT2D eigenvalue weighted by Gasteiger charge is 1.96. The standard InChI is InChI=1S/C5H8O4/c1-4(6)2-9-3-5(7)8/h2-3H2,1H3,(H,7,8). The summed E-state index contributed by atoms with van der Waals surface area (Å²) in [6.07, 6.45) is 0. The molecule has 52 valence electrons. The molecule has 0 amide bonds. The van der Waals surface area contributed by atoms with E-state index in [1.54, 1.807) is 0 Å². The topological polar surface area (TPSA) is 63.6 Å². The summed E-state index contributed by atoms with van der Waals surface area (Å²) in [5.74, 6) is -1.23. The second-order valence-corrected chi connectivity index (χ2v) is 1.59. The molecule has 0 fully saturated rings. The molecule has 0 aromatic carbocycles. The third-order valence-electron chi connectivity index (χ3n) is 0.531. The fraction of sp³-hybridized carbons (Fsp3) is 0.600.